The van der Waals surface area contributed by atoms with Gasteiger partial charge >= 0.3 is 0 Å². The van der Waals surface area contributed by atoms with Crippen LogP contribution in [0.1, 0.15) is 45.6 Å². The van der Waals surface area contributed by atoms with Gasteiger partial charge in [-0.25, -0.2) is 4.98 Å². The first-order valence-electron chi connectivity index (χ1n) is 10.6. The number of rotatable bonds is 5. The maximum atomic E-state index is 5.80. The van der Waals surface area contributed by atoms with Crippen LogP contribution in [0.15, 0.2) is 42.9 Å². The molecule has 8 heteroatoms. The van der Waals surface area contributed by atoms with Crippen molar-refractivity contribution in [2.75, 3.05) is 19.5 Å². The molecule has 164 valence electrons. The SMILES string of the molecule is COc1nc(-c2cn[nH]c2)ccc1C1C(Nc2cccnn2)CC(C)(C)N(C)C1(C)C. The molecule has 31 heavy (non-hydrogen) atoms. The molecule has 3 aromatic rings. The molecule has 0 spiro atoms. The average molecular weight is 422 g/mol. The first-order chi connectivity index (χ1) is 14.7. The molecule has 3 aromatic heterocycles. The van der Waals surface area contributed by atoms with E-state index in [1.807, 2.05) is 24.4 Å². The summed E-state index contributed by atoms with van der Waals surface area (Å²) in [6, 6.07) is 8.15. The number of hydrogen-bond donors (Lipinski definition) is 2. The van der Waals surface area contributed by atoms with Gasteiger partial charge in [0.25, 0.3) is 0 Å². The minimum Gasteiger partial charge on any atom is -0.481 e. The van der Waals surface area contributed by atoms with Crippen LogP contribution in [0.2, 0.25) is 0 Å². The topological polar surface area (TPSA) is 91.8 Å². The lowest BCUT2D eigenvalue weighted by Crippen LogP contribution is -2.65. The van der Waals surface area contributed by atoms with Crippen LogP contribution < -0.4 is 10.1 Å². The molecule has 1 saturated heterocycles. The van der Waals surface area contributed by atoms with Crippen molar-refractivity contribution >= 4 is 5.82 Å². The lowest BCUT2D eigenvalue weighted by Gasteiger charge is -2.58. The molecule has 4 rings (SSSR count). The Bertz CT molecular complexity index is 1020. The number of aromatic amines is 1. The summed E-state index contributed by atoms with van der Waals surface area (Å²) in [5, 5.41) is 18.9. The van der Waals surface area contributed by atoms with Crippen LogP contribution in [-0.4, -0.2) is 61.6 Å². The fourth-order valence-corrected chi connectivity index (χ4v) is 4.98. The average Bonchev–Trinajstić information content (AvgIpc) is 3.28. The van der Waals surface area contributed by atoms with E-state index in [0.717, 1.165) is 29.1 Å². The van der Waals surface area contributed by atoms with Crippen molar-refractivity contribution in [3.05, 3.63) is 48.4 Å². The van der Waals surface area contributed by atoms with Crippen molar-refractivity contribution in [3.8, 4) is 17.1 Å². The van der Waals surface area contributed by atoms with Gasteiger partial charge in [-0.3, -0.25) is 10.00 Å². The lowest BCUT2D eigenvalue weighted by atomic mass is 9.67. The van der Waals surface area contributed by atoms with Gasteiger partial charge in [-0.15, -0.1) is 5.10 Å². The summed E-state index contributed by atoms with van der Waals surface area (Å²) in [6.07, 6.45) is 6.22. The van der Waals surface area contributed by atoms with Crippen LogP contribution >= 0.6 is 0 Å². The van der Waals surface area contributed by atoms with Crippen molar-refractivity contribution in [1.29, 1.82) is 0 Å². The quantitative estimate of drug-likeness (QED) is 0.648. The van der Waals surface area contributed by atoms with Crippen molar-refractivity contribution in [3.63, 3.8) is 0 Å². The van der Waals surface area contributed by atoms with E-state index in [2.05, 4.69) is 71.4 Å². The van der Waals surface area contributed by atoms with Gasteiger partial charge < -0.3 is 10.1 Å². The Morgan fingerprint density at radius 3 is 2.65 bits per heavy atom. The van der Waals surface area contributed by atoms with E-state index in [4.69, 9.17) is 9.72 Å². The number of piperidine rings is 1. The van der Waals surface area contributed by atoms with Gasteiger partial charge in [0.05, 0.1) is 19.0 Å². The third-order valence-corrected chi connectivity index (χ3v) is 6.77. The van der Waals surface area contributed by atoms with E-state index in [9.17, 15) is 0 Å². The molecule has 2 atom stereocenters. The maximum absolute atomic E-state index is 5.80. The molecule has 2 unspecified atom stereocenters. The minimum absolute atomic E-state index is 0.00271. The van der Waals surface area contributed by atoms with Crippen LogP contribution in [0.5, 0.6) is 5.88 Å². The number of ether oxygens (including phenoxy) is 1. The van der Waals surface area contributed by atoms with Crippen molar-refractivity contribution in [2.24, 2.45) is 0 Å². The van der Waals surface area contributed by atoms with E-state index in [0.29, 0.717) is 5.88 Å². The molecule has 0 bridgehead atoms. The predicted molar refractivity (Wildman–Crippen MR) is 121 cm³/mol. The van der Waals surface area contributed by atoms with Crippen LogP contribution in [0.4, 0.5) is 5.82 Å². The molecule has 0 radical (unpaired) electrons. The smallest absolute Gasteiger partial charge is 0.217 e. The van der Waals surface area contributed by atoms with Gasteiger partial charge in [0.2, 0.25) is 5.88 Å². The summed E-state index contributed by atoms with van der Waals surface area (Å²) in [7, 11) is 3.88. The Morgan fingerprint density at radius 2 is 2.00 bits per heavy atom. The zero-order valence-corrected chi connectivity index (χ0v) is 19.0. The number of hydrogen-bond acceptors (Lipinski definition) is 7. The molecule has 8 nitrogen and oxygen atoms in total. The Morgan fingerprint density at radius 1 is 1.19 bits per heavy atom. The van der Waals surface area contributed by atoms with Gasteiger partial charge in [0.15, 0.2) is 0 Å². The Hall–Kier alpha value is -3.00. The Balaban J connectivity index is 1.80. The largest absolute Gasteiger partial charge is 0.481 e. The molecule has 2 N–H and O–H groups in total. The third-order valence-electron chi connectivity index (χ3n) is 6.77. The van der Waals surface area contributed by atoms with E-state index < -0.39 is 0 Å². The first kappa shape index (κ1) is 21.2. The number of nitrogens with zero attached hydrogens (tertiary/aromatic N) is 5. The zero-order chi connectivity index (χ0) is 22.2. The molecular formula is C23H31N7O. The maximum Gasteiger partial charge on any atom is 0.217 e. The van der Waals surface area contributed by atoms with E-state index >= 15 is 0 Å². The van der Waals surface area contributed by atoms with Crippen LogP contribution in [-0.2, 0) is 0 Å². The number of pyridine rings is 1. The standard InChI is InChI=1S/C23H31N7O/c1-22(2)12-18(27-19-8-7-11-24-29-19)20(23(3,4)30(22)5)16-9-10-17(28-21(16)31-6)15-13-25-26-14-15/h7-11,13-14,18,20H,12H2,1-6H3,(H,25,26)(H,27,29). The highest BCUT2D eigenvalue weighted by atomic mass is 16.5. The Labute approximate surface area is 183 Å². The second kappa shape index (κ2) is 7.92. The molecule has 1 aliphatic heterocycles. The van der Waals surface area contributed by atoms with Gasteiger partial charge in [-0.1, -0.05) is 6.07 Å². The molecule has 0 aliphatic carbocycles. The lowest BCUT2D eigenvalue weighted by molar-refractivity contribution is -0.0256. The highest BCUT2D eigenvalue weighted by Crippen LogP contribution is 2.49. The molecule has 0 saturated carbocycles. The molecule has 1 fully saturated rings. The van der Waals surface area contributed by atoms with Gasteiger partial charge in [-0.05, 0) is 59.4 Å². The van der Waals surface area contributed by atoms with Crippen molar-refractivity contribution in [2.45, 2.75) is 57.2 Å². The first-order valence-corrected chi connectivity index (χ1v) is 10.6. The number of likely N-dealkylation sites (N-methyl/N-ethyl adjacent to an activating group) is 1. The normalized spacial score (nSPS) is 22.8. The van der Waals surface area contributed by atoms with Crippen molar-refractivity contribution < 1.29 is 4.74 Å². The van der Waals surface area contributed by atoms with Crippen molar-refractivity contribution in [1.82, 2.24) is 30.3 Å². The number of aromatic nitrogens is 5. The van der Waals surface area contributed by atoms with E-state index in [1.165, 1.54) is 0 Å². The van der Waals surface area contributed by atoms with Crippen LogP contribution in [0, 0.1) is 0 Å². The number of anilines is 1. The molecule has 0 aromatic carbocycles. The summed E-state index contributed by atoms with van der Waals surface area (Å²) in [4.78, 5) is 7.28. The molecule has 0 amide bonds. The molecule has 1 aliphatic rings. The van der Waals surface area contributed by atoms with E-state index in [-0.39, 0.29) is 23.0 Å². The second-order valence-electron chi connectivity index (χ2n) is 9.35. The van der Waals surface area contributed by atoms with Gasteiger partial charge in [-0.2, -0.15) is 10.2 Å². The fourth-order valence-electron chi connectivity index (χ4n) is 4.98. The monoisotopic (exact) mass is 421 g/mol. The fraction of sp³-hybridized carbons (Fsp3) is 0.478. The highest BCUT2D eigenvalue weighted by Gasteiger charge is 2.51. The van der Waals surface area contributed by atoms with Gasteiger partial charge in [0.1, 0.15) is 5.82 Å². The summed E-state index contributed by atoms with van der Waals surface area (Å²) in [5.74, 6) is 1.51. The minimum atomic E-state index is -0.173. The van der Waals surface area contributed by atoms with Gasteiger partial charge in [0, 0.05) is 46.6 Å². The van der Waals surface area contributed by atoms with Crippen LogP contribution in [0.3, 0.4) is 0 Å². The number of likely N-dealkylation sites (tertiary alicyclic amines) is 1. The Kier molecular flexibility index (Phi) is 5.43. The summed E-state index contributed by atoms with van der Waals surface area (Å²) in [5.41, 5.74) is 2.66. The summed E-state index contributed by atoms with van der Waals surface area (Å²) < 4.78 is 5.80. The van der Waals surface area contributed by atoms with Crippen LogP contribution in [0.25, 0.3) is 11.3 Å². The summed E-state index contributed by atoms with van der Waals surface area (Å²) >= 11 is 0. The summed E-state index contributed by atoms with van der Waals surface area (Å²) in [6.45, 7) is 9.14. The number of methoxy groups -OCH3 is 1. The third kappa shape index (κ3) is 3.87. The number of H-pyrrole nitrogens is 1. The zero-order valence-electron chi connectivity index (χ0n) is 19.0. The van der Waals surface area contributed by atoms with E-state index in [1.54, 1.807) is 19.5 Å². The second-order valence-corrected chi connectivity index (χ2v) is 9.35. The highest BCUT2D eigenvalue weighted by molar-refractivity contribution is 5.59. The molecular weight excluding hydrogens is 390 g/mol. The number of nitrogens with one attached hydrogen (secondary N) is 2. The predicted octanol–water partition coefficient (Wildman–Crippen LogP) is 3.73. The molecule has 4 heterocycles.